The first kappa shape index (κ1) is 12.0. The maximum absolute atomic E-state index is 13.3. The minimum Gasteiger partial charge on any atom is -0.378 e. The van der Waals surface area contributed by atoms with Gasteiger partial charge in [0.15, 0.2) is 0 Å². The summed E-state index contributed by atoms with van der Waals surface area (Å²) in [6, 6.07) is 7.64. The molecule has 0 atom stereocenters. The van der Waals surface area contributed by atoms with E-state index in [4.69, 9.17) is 0 Å². The second-order valence-corrected chi connectivity index (χ2v) is 4.95. The second kappa shape index (κ2) is 5.27. The van der Waals surface area contributed by atoms with Crippen LogP contribution in [0, 0.1) is 11.6 Å². The molecule has 1 N–H and O–H groups in total. The molecule has 0 saturated carbocycles. The summed E-state index contributed by atoms with van der Waals surface area (Å²) in [5.74, 6) is -1.12. The molecule has 1 heterocycles. The standard InChI is InChI=1S/C13H13F2NS/c1-2-10-4-5-11(17-10)8-16-13-6-3-9(14)7-12(13)15/h3-7,16H,2,8H2,1H3. The van der Waals surface area contributed by atoms with Crippen molar-refractivity contribution in [1.82, 2.24) is 0 Å². The highest BCUT2D eigenvalue weighted by Gasteiger charge is 2.04. The predicted molar refractivity (Wildman–Crippen MR) is 67.4 cm³/mol. The molecule has 0 aliphatic carbocycles. The van der Waals surface area contributed by atoms with E-state index in [0.29, 0.717) is 12.2 Å². The average Bonchev–Trinajstić information content (AvgIpc) is 2.76. The molecule has 0 unspecified atom stereocenters. The lowest BCUT2D eigenvalue weighted by Crippen LogP contribution is -2.00. The Balaban J connectivity index is 2.02. The van der Waals surface area contributed by atoms with Crippen LogP contribution in [0.2, 0.25) is 0 Å². The topological polar surface area (TPSA) is 12.0 Å². The lowest BCUT2D eigenvalue weighted by molar-refractivity contribution is 0.585. The Morgan fingerprint density at radius 1 is 1.12 bits per heavy atom. The number of hydrogen-bond donors (Lipinski definition) is 1. The van der Waals surface area contributed by atoms with Crippen LogP contribution < -0.4 is 5.32 Å². The lowest BCUT2D eigenvalue weighted by Gasteiger charge is -2.05. The maximum atomic E-state index is 13.3. The third-order valence-corrected chi connectivity index (χ3v) is 3.68. The van der Waals surface area contributed by atoms with Crippen LogP contribution >= 0.6 is 11.3 Å². The van der Waals surface area contributed by atoms with Crippen LogP contribution in [-0.2, 0) is 13.0 Å². The van der Waals surface area contributed by atoms with Crippen molar-refractivity contribution in [3.05, 3.63) is 51.7 Å². The van der Waals surface area contributed by atoms with Crippen molar-refractivity contribution in [3.8, 4) is 0 Å². The SMILES string of the molecule is CCc1ccc(CNc2ccc(F)cc2F)s1. The van der Waals surface area contributed by atoms with E-state index in [1.165, 1.54) is 17.0 Å². The Kier molecular flexibility index (Phi) is 3.74. The Bertz CT molecular complexity index is 508. The molecule has 0 aliphatic heterocycles. The first-order valence-corrected chi connectivity index (χ1v) is 6.27. The van der Waals surface area contributed by atoms with E-state index in [1.54, 1.807) is 11.3 Å². The van der Waals surface area contributed by atoms with E-state index in [0.717, 1.165) is 17.4 Å². The normalized spacial score (nSPS) is 10.5. The van der Waals surface area contributed by atoms with Gasteiger partial charge < -0.3 is 5.32 Å². The zero-order chi connectivity index (χ0) is 12.3. The smallest absolute Gasteiger partial charge is 0.149 e. The van der Waals surface area contributed by atoms with Crippen LogP contribution in [0.5, 0.6) is 0 Å². The highest BCUT2D eigenvalue weighted by atomic mass is 32.1. The predicted octanol–water partition coefficient (Wildman–Crippen LogP) is 4.20. The summed E-state index contributed by atoms with van der Waals surface area (Å²) in [5, 5.41) is 2.96. The number of hydrogen-bond acceptors (Lipinski definition) is 2. The quantitative estimate of drug-likeness (QED) is 0.861. The monoisotopic (exact) mass is 253 g/mol. The number of benzene rings is 1. The van der Waals surface area contributed by atoms with Crippen molar-refractivity contribution in [2.24, 2.45) is 0 Å². The molecule has 0 aliphatic rings. The van der Waals surface area contributed by atoms with Crippen molar-refractivity contribution in [3.63, 3.8) is 0 Å². The van der Waals surface area contributed by atoms with Gasteiger partial charge in [-0.3, -0.25) is 0 Å². The summed E-state index contributed by atoms with van der Waals surface area (Å²) in [6.07, 6.45) is 1.01. The summed E-state index contributed by atoms with van der Waals surface area (Å²) in [7, 11) is 0. The molecule has 1 aromatic carbocycles. The number of nitrogens with one attached hydrogen (secondary N) is 1. The molecule has 2 rings (SSSR count). The molecule has 90 valence electrons. The van der Waals surface area contributed by atoms with Gasteiger partial charge in [0.2, 0.25) is 0 Å². The summed E-state index contributed by atoms with van der Waals surface area (Å²) < 4.78 is 26.0. The van der Waals surface area contributed by atoms with Gasteiger partial charge in [-0.1, -0.05) is 6.92 Å². The fourth-order valence-electron chi connectivity index (χ4n) is 1.52. The van der Waals surface area contributed by atoms with Crippen LogP contribution in [0.3, 0.4) is 0 Å². The third-order valence-electron chi connectivity index (χ3n) is 2.45. The van der Waals surface area contributed by atoms with Crippen molar-refractivity contribution < 1.29 is 8.78 Å². The van der Waals surface area contributed by atoms with Gasteiger partial charge in [0.05, 0.1) is 5.69 Å². The lowest BCUT2D eigenvalue weighted by atomic mass is 10.3. The van der Waals surface area contributed by atoms with Gasteiger partial charge in [-0.05, 0) is 30.7 Å². The molecule has 4 heteroatoms. The van der Waals surface area contributed by atoms with E-state index in [1.807, 2.05) is 6.07 Å². The maximum Gasteiger partial charge on any atom is 0.149 e. The Morgan fingerprint density at radius 2 is 1.88 bits per heavy atom. The van der Waals surface area contributed by atoms with E-state index in [9.17, 15) is 8.78 Å². The number of halogens is 2. The van der Waals surface area contributed by atoms with Crippen LogP contribution in [-0.4, -0.2) is 0 Å². The summed E-state index contributed by atoms with van der Waals surface area (Å²) in [5.41, 5.74) is 0.331. The van der Waals surface area contributed by atoms with Crippen molar-refractivity contribution in [2.75, 3.05) is 5.32 Å². The Hall–Kier alpha value is -1.42. The molecular formula is C13H13F2NS. The molecule has 1 aromatic heterocycles. The van der Waals surface area contributed by atoms with Gasteiger partial charge in [-0.2, -0.15) is 0 Å². The van der Waals surface area contributed by atoms with E-state index >= 15 is 0 Å². The largest absolute Gasteiger partial charge is 0.378 e. The molecule has 17 heavy (non-hydrogen) atoms. The highest BCUT2D eigenvalue weighted by Crippen LogP contribution is 2.20. The number of rotatable bonds is 4. The second-order valence-electron chi connectivity index (χ2n) is 3.70. The van der Waals surface area contributed by atoms with Gasteiger partial charge in [-0.15, -0.1) is 11.3 Å². The molecule has 0 radical (unpaired) electrons. The van der Waals surface area contributed by atoms with Gasteiger partial charge >= 0.3 is 0 Å². The highest BCUT2D eigenvalue weighted by molar-refractivity contribution is 7.12. The molecule has 1 nitrogen and oxygen atoms in total. The van der Waals surface area contributed by atoms with Crippen LogP contribution in [0.1, 0.15) is 16.7 Å². The van der Waals surface area contributed by atoms with Crippen LogP contribution in [0.4, 0.5) is 14.5 Å². The number of anilines is 1. The molecule has 0 saturated heterocycles. The fourth-order valence-corrected chi connectivity index (χ4v) is 2.42. The third kappa shape index (κ3) is 3.03. The van der Waals surface area contributed by atoms with Gasteiger partial charge in [0, 0.05) is 22.4 Å². The van der Waals surface area contributed by atoms with Crippen molar-refractivity contribution >= 4 is 17.0 Å². The van der Waals surface area contributed by atoms with E-state index in [2.05, 4.69) is 18.3 Å². The molecule has 0 amide bonds. The molecule has 2 aromatic rings. The summed E-state index contributed by atoms with van der Waals surface area (Å²) in [6.45, 7) is 2.66. The summed E-state index contributed by atoms with van der Waals surface area (Å²) >= 11 is 1.70. The van der Waals surface area contributed by atoms with E-state index in [-0.39, 0.29) is 0 Å². The summed E-state index contributed by atoms with van der Waals surface area (Å²) in [4.78, 5) is 2.45. The molecule has 0 fully saturated rings. The first-order valence-electron chi connectivity index (χ1n) is 5.45. The Labute approximate surface area is 103 Å². The molecule has 0 bridgehead atoms. The molecular weight excluding hydrogens is 240 g/mol. The minimum absolute atomic E-state index is 0.331. The minimum atomic E-state index is -0.558. The number of aryl methyl sites for hydroxylation is 1. The Morgan fingerprint density at radius 3 is 2.53 bits per heavy atom. The van der Waals surface area contributed by atoms with Gasteiger partial charge in [0.1, 0.15) is 11.6 Å². The zero-order valence-corrected chi connectivity index (χ0v) is 10.3. The van der Waals surface area contributed by atoms with Crippen LogP contribution in [0.15, 0.2) is 30.3 Å². The van der Waals surface area contributed by atoms with E-state index < -0.39 is 11.6 Å². The first-order chi connectivity index (χ1) is 8.19. The van der Waals surface area contributed by atoms with Crippen molar-refractivity contribution in [1.29, 1.82) is 0 Å². The fraction of sp³-hybridized carbons (Fsp3) is 0.231. The van der Waals surface area contributed by atoms with Crippen molar-refractivity contribution in [2.45, 2.75) is 19.9 Å². The number of thiophene rings is 1. The average molecular weight is 253 g/mol. The molecule has 0 spiro atoms. The van der Waals surface area contributed by atoms with Crippen LogP contribution in [0.25, 0.3) is 0 Å². The van der Waals surface area contributed by atoms with Gasteiger partial charge in [-0.25, -0.2) is 8.78 Å². The zero-order valence-electron chi connectivity index (χ0n) is 9.47. The van der Waals surface area contributed by atoms with Gasteiger partial charge in [0.25, 0.3) is 0 Å².